The molecule has 1 aromatic heterocycles. The molecule has 0 bridgehead atoms. The molecule has 0 saturated heterocycles. The SMILES string of the molecule is N#CCCN(C(=O)COC(=O)Cn1c2ccccc2c(=O)c2ccccc21)c1cccc(Cl)c1. The zero-order valence-corrected chi connectivity index (χ0v) is 18.9. The molecule has 34 heavy (non-hydrogen) atoms. The van der Waals surface area contributed by atoms with Crippen molar-refractivity contribution in [2.24, 2.45) is 0 Å². The van der Waals surface area contributed by atoms with Gasteiger partial charge in [-0.25, -0.2) is 0 Å². The van der Waals surface area contributed by atoms with Gasteiger partial charge in [0, 0.05) is 28.0 Å². The number of hydrogen-bond acceptors (Lipinski definition) is 5. The summed E-state index contributed by atoms with van der Waals surface area (Å²) in [4.78, 5) is 39.8. The summed E-state index contributed by atoms with van der Waals surface area (Å²) in [6.07, 6.45) is 0.113. The Hall–Kier alpha value is -4.15. The van der Waals surface area contributed by atoms with Crippen molar-refractivity contribution in [3.05, 3.63) is 88.0 Å². The molecule has 170 valence electrons. The summed E-state index contributed by atoms with van der Waals surface area (Å²) in [6, 6.07) is 22.8. The highest BCUT2D eigenvalue weighted by Crippen LogP contribution is 2.21. The van der Waals surface area contributed by atoms with Crippen LogP contribution in [0.4, 0.5) is 5.69 Å². The molecular weight excluding hydrogens is 454 g/mol. The Morgan fingerprint density at radius 1 is 0.971 bits per heavy atom. The smallest absolute Gasteiger partial charge is 0.326 e. The summed E-state index contributed by atoms with van der Waals surface area (Å²) in [6.45, 7) is -0.529. The molecule has 4 rings (SSSR count). The van der Waals surface area contributed by atoms with E-state index in [-0.39, 0.29) is 24.9 Å². The van der Waals surface area contributed by atoms with Crippen molar-refractivity contribution in [1.29, 1.82) is 5.26 Å². The number of benzene rings is 3. The lowest BCUT2D eigenvalue weighted by molar-refractivity contribution is -0.148. The summed E-state index contributed by atoms with van der Waals surface area (Å²) in [7, 11) is 0. The van der Waals surface area contributed by atoms with Crippen LogP contribution in [0.3, 0.4) is 0 Å². The van der Waals surface area contributed by atoms with Gasteiger partial charge in [-0.15, -0.1) is 0 Å². The number of halogens is 1. The second kappa shape index (κ2) is 10.2. The van der Waals surface area contributed by atoms with E-state index in [4.69, 9.17) is 21.6 Å². The molecular formula is C26H20ClN3O4. The van der Waals surface area contributed by atoms with Crippen LogP contribution in [0.15, 0.2) is 77.6 Å². The lowest BCUT2D eigenvalue weighted by Crippen LogP contribution is -2.36. The zero-order valence-electron chi connectivity index (χ0n) is 18.1. The molecule has 0 aliphatic carbocycles. The van der Waals surface area contributed by atoms with Crippen molar-refractivity contribution in [1.82, 2.24) is 4.57 Å². The molecule has 0 spiro atoms. The van der Waals surface area contributed by atoms with Crippen molar-refractivity contribution < 1.29 is 14.3 Å². The Kier molecular flexibility index (Phi) is 6.90. The highest BCUT2D eigenvalue weighted by Gasteiger charge is 2.19. The minimum Gasteiger partial charge on any atom is -0.454 e. The van der Waals surface area contributed by atoms with Gasteiger partial charge >= 0.3 is 5.97 Å². The number of nitriles is 1. The number of carbonyl (C=O) groups is 2. The number of carbonyl (C=O) groups excluding carboxylic acids is 2. The molecule has 0 aliphatic rings. The van der Waals surface area contributed by atoms with E-state index in [1.54, 1.807) is 77.4 Å². The van der Waals surface area contributed by atoms with Crippen molar-refractivity contribution >= 4 is 51.0 Å². The molecule has 0 atom stereocenters. The molecule has 0 saturated carbocycles. The van der Waals surface area contributed by atoms with E-state index in [0.29, 0.717) is 32.5 Å². The van der Waals surface area contributed by atoms with Gasteiger partial charge in [-0.05, 0) is 42.5 Å². The summed E-state index contributed by atoms with van der Waals surface area (Å²) >= 11 is 6.04. The number of anilines is 1. The molecule has 0 aliphatic heterocycles. The summed E-state index contributed by atoms with van der Waals surface area (Å²) in [5.74, 6) is -1.10. The fraction of sp³-hybridized carbons (Fsp3) is 0.154. The summed E-state index contributed by atoms with van der Waals surface area (Å²) < 4.78 is 7.02. The number of nitrogens with zero attached hydrogens (tertiary/aromatic N) is 3. The first-order chi connectivity index (χ1) is 16.5. The van der Waals surface area contributed by atoms with Crippen molar-refractivity contribution in [3.8, 4) is 6.07 Å². The Morgan fingerprint density at radius 3 is 2.24 bits per heavy atom. The zero-order chi connectivity index (χ0) is 24.1. The van der Waals surface area contributed by atoms with E-state index in [2.05, 4.69) is 0 Å². The first-order valence-corrected chi connectivity index (χ1v) is 11.0. The van der Waals surface area contributed by atoms with Gasteiger partial charge in [0.25, 0.3) is 5.91 Å². The maximum absolute atomic E-state index is 12.8. The third-order valence-corrected chi connectivity index (χ3v) is 5.63. The minimum atomic E-state index is -0.626. The fourth-order valence-corrected chi connectivity index (χ4v) is 4.03. The van der Waals surface area contributed by atoms with Gasteiger partial charge in [0.2, 0.25) is 0 Å². The summed E-state index contributed by atoms with van der Waals surface area (Å²) in [5.41, 5.74) is 1.61. The maximum Gasteiger partial charge on any atom is 0.326 e. The van der Waals surface area contributed by atoms with E-state index in [9.17, 15) is 14.4 Å². The number of esters is 1. The number of hydrogen-bond donors (Lipinski definition) is 0. The van der Waals surface area contributed by atoms with Crippen LogP contribution in [0.5, 0.6) is 0 Å². The topological polar surface area (TPSA) is 92.4 Å². The first kappa shape index (κ1) is 23.0. The number of pyridine rings is 1. The molecule has 0 unspecified atom stereocenters. The van der Waals surface area contributed by atoms with Crippen LogP contribution in [-0.4, -0.2) is 29.6 Å². The Labute approximate surface area is 200 Å². The molecule has 8 heteroatoms. The number of ether oxygens (including phenoxy) is 1. The van der Waals surface area contributed by atoms with Gasteiger partial charge in [0.05, 0.1) is 23.5 Å². The van der Waals surface area contributed by atoms with Crippen LogP contribution >= 0.6 is 11.6 Å². The Balaban J connectivity index is 1.56. The van der Waals surface area contributed by atoms with Crippen LogP contribution in [0.2, 0.25) is 5.02 Å². The average Bonchev–Trinajstić information content (AvgIpc) is 2.85. The third-order valence-electron chi connectivity index (χ3n) is 5.39. The predicted molar refractivity (Wildman–Crippen MR) is 131 cm³/mol. The van der Waals surface area contributed by atoms with Crippen molar-refractivity contribution in [2.75, 3.05) is 18.1 Å². The normalized spacial score (nSPS) is 10.7. The molecule has 7 nitrogen and oxygen atoms in total. The van der Waals surface area contributed by atoms with Crippen molar-refractivity contribution in [3.63, 3.8) is 0 Å². The summed E-state index contributed by atoms with van der Waals surface area (Å²) in [5, 5.41) is 10.4. The lowest BCUT2D eigenvalue weighted by Gasteiger charge is -2.22. The Morgan fingerprint density at radius 2 is 1.62 bits per heavy atom. The van der Waals surface area contributed by atoms with Gasteiger partial charge in [-0.2, -0.15) is 5.26 Å². The maximum atomic E-state index is 12.8. The molecule has 4 aromatic rings. The average molecular weight is 474 g/mol. The number of aromatic nitrogens is 1. The number of fused-ring (bicyclic) bond motifs is 2. The molecule has 0 N–H and O–H groups in total. The van der Waals surface area contributed by atoms with Gasteiger partial charge < -0.3 is 14.2 Å². The first-order valence-electron chi connectivity index (χ1n) is 10.6. The van der Waals surface area contributed by atoms with Gasteiger partial charge in [-0.1, -0.05) is 41.9 Å². The largest absolute Gasteiger partial charge is 0.454 e. The standard InChI is InChI=1S/C26H20ClN3O4/c27-18-7-5-8-19(15-18)29(14-6-13-28)24(31)17-34-25(32)16-30-22-11-3-1-9-20(22)26(33)21-10-2-4-12-23(21)30/h1-5,7-12,15H,6,14,16-17H2. The van der Waals surface area contributed by atoms with Gasteiger partial charge in [0.1, 0.15) is 6.54 Å². The molecule has 1 amide bonds. The number of amides is 1. The van der Waals surface area contributed by atoms with E-state index in [1.807, 2.05) is 6.07 Å². The second-order valence-corrected chi connectivity index (χ2v) is 7.98. The highest BCUT2D eigenvalue weighted by molar-refractivity contribution is 6.30. The molecule has 0 fully saturated rings. The minimum absolute atomic E-state index is 0.111. The van der Waals surface area contributed by atoms with E-state index < -0.39 is 18.5 Å². The molecule has 3 aromatic carbocycles. The van der Waals surface area contributed by atoms with Crippen LogP contribution in [0.1, 0.15) is 6.42 Å². The second-order valence-electron chi connectivity index (χ2n) is 7.54. The van der Waals surface area contributed by atoms with Crippen LogP contribution in [-0.2, 0) is 20.9 Å². The molecule has 0 radical (unpaired) electrons. The Bertz CT molecular complexity index is 1430. The van der Waals surface area contributed by atoms with Crippen LogP contribution in [0.25, 0.3) is 21.8 Å². The van der Waals surface area contributed by atoms with Gasteiger partial charge in [-0.3, -0.25) is 14.4 Å². The third kappa shape index (κ3) is 4.77. The van der Waals surface area contributed by atoms with Crippen LogP contribution in [0, 0.1) is 11.3 Å². The van der Waals surface area contributed by atoms with E-state index in [0.717, 1.165) is 0 Å². The fourth-order valence-electron chi connectivity index (χ4n) is 3.85. The van der Waals surface area contributed by atoms with Gasteiger partial charge in [0.15, 0.2) is 12.0 Å². The van der Waals surface area contributed by atoms with E-state index in [1.165, 1.54) is 4.90 Å². The number of rotatable bonds is 7. The van der Waals surface area contributed by atoms with Crippen LogP contribution < -0.4 is 10.3 Å². The highest BCUT2D eigenvalue weighted by atomic mass is 35.5. The predicted octanol–water partition coefficient (Wildman–Crippen LogP) is 4.30. The quantitative estimate of drug-likeness (QED) is 0.295. The van der Waals surface area contributed by atoms with Crippen molar-refractivity contribution in [2.45, 2.75) is 13.0 Å². The monoisotopic (exact) mass is 473 g/mol. The molecule has 1 heterocycles. The number of para-hydroxylation sites is 2. The van der Waals surface area contributed by atoms with E-state index >= 15 is 0 Å². The lowest BCUT2D eigenvalue weighted by atomic mass is 10.1.